The molecule has 3 aromatic rings. The molecule has 1 N–H and O–H groups in total. The molecule has 1 aliphatic heterocycles. The molecule has 0 fully saturated rings. The molecular weight excluding hydrogens is 376 g/mol. The van der Waals surface area contributed by atoms with Crippen molar-refractivity contribution in [3.8, 4) is 17.3 Å². The minimum Gasteiger partial charge on any atom is -0.493 e. The predicted octanol–water partition coefficient (Wildman–Crippen LogP) is 3.37. The van der Waals surface area contributed by atoms with E-state index in [9.17, 15) is 4.79 Å². The Morgan fingerprint density at radius 3 is 2.75 bits per heavy atom. The molecular formula is C20H20N4O3S. The van der Waals surface area contributed by atoms with Crippen LogP contribution in [0.25, 0.3) is 5.82 Å². The fraction of sp³-hybridized carbons (Fsp3) is 0.250. The third-order valence-electron chi connectivity index (χ3n) is 4.59. The molecule has 144 valence electrons. The third-order valence-corrected chi connectivity index (χ3v) is 5.84. The molecule has 2 aromatic heterocycles. The van der Waals surface area contributed by atoms with E-state index in [-0.39, 0.29) is 11.2 Å². The summed E-state index contributed by atoms with van der Waals surface area (Å²) in [6.07, 6.45) is 1.70. The average Bonchev–Trinajstić information content (AvgIpc) is 2.93. The first-order chi connectivity index (χ1) is 13.6. The van der Waals surface area contributed by atoms with Crippen molar-refractivity contribution in [1.29, 1.82) is 0 Å². The zero-order valence-electron chi connectivity index (χ0n) is 15.8. The highest BCUT2D eigenvalue weighted by molar-refractivity contribution is 8.00. The number of pyridine rings is 1. The summed E-state index contributed by atoms with van der Waals surface area (Å²) in [6.45, 7) is 1.94. The van der Waals surface area contributed by atoms with E-state index in [0.29, 0.717) is 28.9 Å². The van der Waals surface area contributed by atoms with Crippen LogP contribution in [0.5, 0.6) is 11.5 Å². The maximum Gasteiger partial charge on any atom is 0.235 e. The summed E-state index contributed by atoms with van der Waals surface area (Å²) >= 11 is 1.54. The van der Waals surface area contributed by atoms with Gasteiger partial charge in [0.2, 0.25) is 5.91 Å². The molecule has 0 saturated heterocycles. The Bertz CT molecular complexity index is 1020. The SMILES string of the molecule is COc1cccc(C2SCC(=O)Nc3c2c(C)nn3-c2ccccn2)c1OC. The number of rotatable bonds is 4. The summed E-state index contributed by atoms with van der Waals surface area (Å²) in [6, 6.07) is 11.4. The molecule has 28 heavy (non-hydrogen) atoms. The van der Waals surface area contributed by atoms with Crippen molar-refractivity contribution < 1.29 is 14.3 Å². The van der Waals surface area contributed by atoms with E-state index in [1.807, 2.05) is 43.3 Å². The van der Waals surface area contributed by atoms with Crippen LogP contribution in [0.15, 0.2) is 42.6 Å². The van der Waals surface area contributed by atoms with Gasteiger partial charge in [-0.05, 0) is 25.1 Å². The first-order valence-electron chi connectivity index (χ1n) is 8.77. The number of carbonyl (C=O) groups excluding carboxylic acids is 1. The number of amides is 1. The van der Waals surface area contributed by atoms with Crippen LogP contribution in [0.1, 0.15) is 22.1 Å². The lowest BCUT2D eigenvalue weighted by molar-refractivity contribution is -0.113. The number of ether oxygens (including phenoxy) is 2. The number of aromatic nitrogens is 3. The highest BCUT2D eigenvalue weighted by Crippen LogP contribution is 2.48. The van der Waals surface area contributed by atoms with Gasteiger partial charge in [0.25, 0.3) is 0 Å². The predicted molar refractivity (Wildman–Crippen MR) is 109 cm³/mol. The lowest BCUT2D eigenvalue weighted by atomic mass is 10.0. The standard InChI is InChI=1S/C20H20N4O3S/c1-12-17-19(13-7-6-8-14(26-2)18(13)27-3)28-11-16(25)22-20(17)24(23-12)15-9-4-5-10-21-15/h4-10,19H,11H2,1-3H3,(H,22,25). The number of carbonyl (C=O) groups is 1. The molecule has 1 atom stereocenters. The van der Waals surface area contributed by atoms with E-state index >= 15 is 0 Å². The summed E-state index contributed by atoms with van der Waals surface area (Å²) in [5.74, 6) is 2.85. The van der Waals surface area contributed by atoms with E-state index in [4.69, 9.17) is 9.47 Å². The molecule has 0 aliphatic carbocycles. The van der Waals surface area contributed by atoms with Crippen molar-refractivity contribution in [1.82, 2.24) is 14.8 Å². The van der Waals surface area contributed by atoms with Crippen molar-refractivity contribution in [3.05, 3.63) is 59.4 Å². The van der Waals surface area contributed by atoms with Gasteiger partial charge < -0.3 is 14.8 Å². The van der Waals surface area contributed by atoms with Crippen molar-refractivity contribution in [2.24, 2.45) is 0 Å². The Balaban J connectivity index is 1.92. The number of aryl methyl sites for hydroxylation is 1. The van der Waals surface area contributed by atoms with Crippen molar-refractivity contribution in [2.45, 2.75) is 12.2 Å². The molecule has 4 rings (SSSR count). The Labute approximate surface area is 167 Å². The van der Waals surface area contributed by atoms with Gasteiger partial charge in [-0.1, -0.05) is 18.2 Å². The van der Waals surface area contributed by atoms with Gasteiger partial charge in [-0.3, -0.25) is 4.79 Å². The second-order valence-corrected chi connectivity index (χ2v) is 7.36. The Kier molecular flexibility index (Phi) is 4.95. The first-order valence-corrected chi connectivity index (χ1v) is 9.82. The van der Waals surface area contributed by atoms with Crippen molar-refractivity contribution in [2.75, 3.05) is 25.3 Å². The van der Waals surface area contributed by atoms with Crippen molar-refractivity contribution in [3.63, 3.8) is 0 Å². The molecule has 1 unspecified atom stereocenters. The first kappa shape index (κ1) is 18.4. The van der Waals surface area contributed by atoms with Gasteiger partial charge in [-0.25, -0.2) is 4.98 Å². The molecule has 0 spiro atoms. The van der Waals surface area contributed by atoms with Gasteiger partial charge >= 0.3 is 0 Å². The summed E-state index contributed by atoms with van der Waals surface area (Å²) in [5.41, 5.74) is 2.70. The molecule has 1 aromatic carbocycles. The molecule has 1 aliphatic rings. The summed E-state index contributed by atoms with van der Waals surface area (Å²) < 4.78 is 12.8. The van der Waals surface area contributed by atoms with E-state index in [1.54, 1.807) is 25.1 Å². The number of anilines is 1. The van der Waals surface area contributed by atoms with Gasteiger partial charge in [-0.2, -0.15) is 9.78 Å². The maximum atomic E-state index is 12.4. The number of hydrogen-bond donors (Lipinski definition) is 1. The third kappa shape index (κ3) is 3.09. The minimum atomic E-state index is -0.142. The zero-order valence-corrected chi connectivity index (χ0v) is 16.6. The largest absolute Gasteiger partial charge is 0.493 e. The van der Waals surface area contributed by atoms with Crippen LogP contribution in [0.3, 0.4) is 0 Å². The minimum absolute atomic E-state index is 0.0762. The van der Waals surface area contributed by atoms with E-state index in [0.717, 1.165) is 16.8 Å². The number of methoxy groups -OCH3 is 2. The lowest BCUT2D eigenvalue weighted by Crippen LogP contribution is -2.16. The molecule has 7 nitrogen and oxygen atoms in total. The second-order valence-electron chi connectivity index (χ2n) is 6.27. The summed E-state index contributed by atoms with van der Waals surface area (Å²) in [7, 11) is 3.24. The van der Waals surface area contributed by atoms with Crippen LogP contribution < -0.4 is 14.8 Å². The van der Waals surface area contributed by atoms with Gasteiger partial charge in [0.15, 0.2) is 17.3 Å². The molecule has 0 radical (unpaired) electrons. The Hall–Kier alpha value is -3.00. The van der Waals surface area contributed by atoms with Gasteiger partial charge in [0.05, 0.1) is 30.9 Å². The highest BCUT2D eigenvalue weighted by atomic mass is 32.2. The monoisotopic (exact) mass is 396 g/mol. The molecule has 1 amide bonds. The molecule has 0 saturated carbocycles. The number of nitrogens with zero attached hydrogens (tertiary/aromatic N) is 3. The highest BCUT2D eigenvalue weighted by Gasteiger charge is 2.33. The topological polar surface area (TPSA) is 78.3 Å². The number of fused-ring (bicyclic) bond motifs is 1. The van der Waals surface area contributed by atoms with Crippen LogP contribution in [0.4, 0.5) is 5.82 Å². The Morgan fingerprint density at radius 2 is 2.04 bits per heavy atom. The average molecular weight is 396 g/mol. The number of para-hydroxylation sites is 1. The number of benzene rings is 1. The van der Waals surface area contributed by atoms with Gasteiger partial charge in [0, 0.05) is 17.3 Å². The number of nitrogens with one attached hydrogen (secondary N) is 1. The van der Waals surface area contributed by atoms with Crippen LogP contribution >= 0.6 is 11.8 Å². The molecule has 8 heteroatoms. The normalized spacial score (nSPS) is 16.1. The van der Waals surface area contributed by atoms with Crippen LogP contribution in [-0.4, -0.2) is 40.6 Å². The summed E-state index contributed by atoms with van der Waals surface area (Å²) in [4.78, 5) is 16.8. The van der Waals surface area contributed by atoms with E-state index in [1.165, 1.54) is 11.8 Å². The molecule has 3 heterocycles. The quantitative estimate of drug-likeness (QED) is 0.729. The summed E-state index contributed by atoms with van der Waals surface area (Å²) in [5, 5.41) is 7.53. The van der Waals surface area contributed by atoms with Crippen LogP contribution in [0, 0.1) is 6.92 Å². The zero-order chi connectivity index (χ0) is 19.7. The second kappa shape index (κ2) is 7.55. The van der Waals surface area contributed by atoms with Gasteiger partial charge in [0.1, 0.15) is 5.82 Å². The Morgan fingerprint density at radius 1 is 1.18 bits per heavy atom. The van der Waals surface area contributed by atoms with Gasteiger partial charge in [-0.15, -0.1) is 11.8 Å². The number of hydrogen-bond acceptors (Lipinski definition) is 6. The fourth-order valence-corrected chi connectivity index (χ4v) is 4.60. The van der Waals surface area contributed by atoms with Crippen molar-refractivity contribution >= 4 is 23.5 Å². The van der Waals surface area contributed by atoms with E-state index < -0.39 is 0 Å². The van der Waals surface area contributed by atoms with Crippen LogP contribution in [-0.2, 0) is 4.79 Å². The maximum absolute atomic E-state index is 12.4. The lowest BCUT2D eigenvalue weighted by Gasteiger charge is -2.20. The fourth-order valence-electron chi connectivity index (χ4n) is 3.39. The molecule has 0 bridgehead atoms. The number of thioether (sulfide) groups is 1. The smallest absolute Gasteiger partial charge is 0.235 e. The van der Waals surface area contributed by atoms with Crippen LogP contribution in [0.2, 0.25) is 0 Å². The van der Waals surface area contributed by atoms with E-state index in [2.05, 4.69) is 15.4 Å².